The molecule has 1 saturated heterocycles. The molecule has 3 N–H and O–H groups in total. The van der Waals surface area contributed by atoms with Gasteiger partial charge in [-0.3, -0.25) is 4.79 Å². The van der Waals surface area contributed by atoms with Crippen LogP contribution in [0.4, 0.5) is 0 Å². The van der Waals surface area contributed by atoms with Crippen LogP contribution in [-0.2, 0) is 9.53 Å². The SMILES string of the molecule is CC(=O)OC1S[C@@H](CO)[C@H](O)[C@H]1O. The Morgan fingerprint density at radius 1 is 1.46 bits per heavy atom. The van der Waals surface area contributed by atoms with Gasteiger partial charge in [-0.2, -0.15) is 0 Å². The average molecular weight is 208 g/mol. The largest absolute Gasteiger partial charge is 0.449 e. The van der Waals surface area contributed by atoms with Crippen molar-refractivity contribution in [2.75, 3.05) is 6.61 Å². The van der Waals surface area contributed by atoms with Crippen molar-refractivity contribution in [1.82, 2.24) is 0 Å². The number of hydrogen-bond donors (Lipinski definition) is 3. The number of aliphatic hydroxyl groups is 3. The van der Waals surface area contributed by atoms with E-state index in [4.69, 9.17) is 9.84 Å². The van der Waals surface area contributed by atoms with E-state index in [9.17, 15) is 15.0 Å². The molecule has 76 valence electrons. The number of rotatable bonds is 2. The van der Waals surface area contributed by atoms with Crippen LogP contribution in [0.2, 0.25) is 0 Å². The Kier molecular flexibility index (Phi) is 3.55. The number of esters is 1. The van der Waals surface area contributed by atoms with Gasteiger partial charge in [0.25, 0.3) is 0 Å². The van der Waals surface area contributed by atoms with Gasteiger partial charge in [0, 0.05) is 6.92 Å². The molecule has 5 nitrogen and oxygen atoms in total. The first-order valence-corrected chi connectivity index (χ1v) is 4.80. The maximum absolute atomic E-state index is 10.6. The summed E-state index contributed by atoms with van der Waals surface area (Å²) < 4.78 is 4.73. The molecule has 1 rings (SSSR count). The summed E-state index contributed by atoms with van der Waals surface area (Å²) in [6.07, 6.45) is -2.16. The van der Waals surface area contributed by atoms with Crippen molar-refractivity contribution in [3.8, 4) is 0 Å². The third-order valence-corrected chi connectivity index (χ3v) is 3.20. The lowest BCUT2D eigenvalue weighted by molar-refractivity contribution is -0.147. The summed E-state index contributed by atoms with van der Waals surface area (Å²) in [6.45, 7) is 0.979. The molecule has 13 heavy (non-hydrogen) atoms. The Balaban J connectivity index is 2.55. The monoisotopic (exact) mass is 208 g/mol. The Labute approximate surface area is 79.7 Å². The highest BCUT2D eigenvalue weighted by Gasteiger charge is 2.43. The molecular formula is C7H12O5S. The lowest BCUT2D eigenvalue weighted by atomic mass is 10.1. The van der Waals surface area contributed by atoms with E-state index >= 15 is 0 Å². The molecule has 0 amide bonds. The predicted molar refractivity (Wildman–Crippen MR) is 46.0 cm³/mol. The van der Waals surface area contributed by atoms with Crippen LogP contribution in [0.15, 0.2) is 0 Å². The molecule has 0 spiro atoms. The van der Waals surface area contributed by atoms with Crippen LogP contribution in [0.1, 0.15) is 6.92 Å². The Morgan fingerprint density at radius 3 is 2.46 bits per heavy atom. The maximum atomic E-state index is 10.6. The predicted octanol–water partition coefficient (Wildman–Crippen LogP) is -1.29. The zero-order valence-electron chi connectivity index (χ0n) is 7.08. The number of carbonyl (C=O) groups is 1. The molecule has 0 aromatic rings. The highest BCUT2D eigenvalue weighted by Crippen LogP contribution is 2.34. The third kappa shape index (κ3) is 2.34. The van der Waals surface area contributed by atoms with E-state index in [0.717, 1.165) is 11.8 Å². The second-order valence-corrected chi connectivity index (χ2v) is 4.16. The summed E-state index contributed by atoms with van der Waals surface area (Å²) in [6, 6.07) is 0. The molecule has 0 aromatic carbocycles. The van der Waals surface area contributed by atoms with E-state index in [-0.39, 0.29) is 6.61 Å². The third-order valence-electron chi connectivity index (χ3n) is 1.78. The van der Waals surface area contributed by atoms with Gasteiger partial charge in [0.05, 0.1) is 18.0 Å². The molecular weight excluding hydrogens is 196 g/mol. The maximum Gasteiger partial charge on any atom is 0.303 e. The quantitative estimate of drug-likeness (QED) is 0.489. The Hall–Kier alpha value is -0.300. The number of thioether (sulfide) groups is 1. The minimum Gasteiger partial charge on any atom is -0.449 e. The molecule has 0 aromatic heterocycles. The Bertz CT molecular complexity index is 197. The smallest absolute Gasteiger partial charge is 0.303 e. The lowest BCUT2D eigenvalue weighted by Gasteiger charge is -2.14. The summed E-state index contributed by atoms with van der Waals surface area (Å²) in [7, 11) is 0. The first kappa shape index (κ1) is 10.8. The normalized spacial score (nSPS) is 39.1. The molecule has 6 heteroatoms. The highest BCUT2D eigenvalue weighted by atomic mass is 32.2. The van der Waals surface area contributed by atoms with Crippen molar-refractivity contribution in [3.63, 3.8) is 0 Å². The summed E-state index contributed by atoms with van der Waals surface area (Å²) in [4.78, 5) is 10.6. The molecule has 1 aliphatic rings. The number of ether oxygens (including phenoxy) is 1. The van der Waals surface area contributed by atoms with E-state index in [1.54, 1.807) is 0 Å². The second kappa shape index (κ2) is 4.28. The van der Waals surface area contributed by atoms with Gasteiger partial charge < -0.3 is 20.1 Å². The summed E-state index contributed by atoms with van der Waals surface area (Å²) >= 11 is 1.06. The van der Waals surface area contributed by atoms with Crippen molar-refractivity contribution in [1.29, 1.82) is 0 Å². The van der Waals surface area contributed by atoms with Gasteiger partial charge >= 0.3 is 5.97 Å². The molecule has 0 aliphatic carbocycles. The van der Waals surface area contributed by atoms with Gasteiger partial charge in [0.2, 0.25) is 0 Å². The van der Waals surface area contributed by atoms with Crippen molar-refractivity contribution in [2.24, 2.45) is 0 Å². The minimum absolute atomic E-state index is 0.249. The summed E-state index contributed by atoms with van der Waals surface area (Å²) in [5.74, 6) is -0.512. The van der Waals surface area contributed by atoms with Crippen molar-refractivity contribution in [3.05, 3.63) is 0 Å². The number of hydrogen-bond acceptors (Lipinski definition) is 6. The van der Waals surface area contributed by atoms with Crippen LogP contribution < -0.4 is 0 Å². The van der Waals surface area contributed by atoms with Crippen LogP contribution in [0.3, 0.4) is 0 Å². The first-order valence-electron chi connectivity index (χ1n) is 3.86. The standard InChI is InChI=1S/C7H12O5S/c1-3(9)12-7-6(11)5(10)4(2-8)13-7/h4-8,10-11H,2H2,1H3/t4-,5-,6+,7?/m0/s1. The lowest BCUT2D eigenvalue weighted by Crippen LogP contribution is -2.35. The fourth-order valence-electron chi connectivity index (χ4n) is 1.13. The van der Waals surface area contributed by atoms with Gasteiger partial charge in [-0.25, -0.2) is 0 Å². The number of carbonyl (C=O) groups excluding carboxylic acids is 1. The van der Waals surface area contributed by atoms with Gasteiger partial charge in [0.1, 0.15) is 6.10 Å². The van der Waals surface area contributed by atoms with Crippen LogP contribution in [0, 0.1) is 0 Å². The van der Waals surface area contributed by atoms with Crippen LogP contribution >= 0.6 is 11.8 Å². The van der Waals surface area contributed by atoms with Gasteiger partial charge in [-0.1, -0.05) is 0 Å². The van der Waals surface area contributed by atoms with E-state index in [2.05, 4.69) is 0 Å². The van der Waals surface area contributed by atoms with E-state index in [1.807, 2.05) is 0 Å². The molecule has 1 fully saturated rings. The van der Waals surface area contributed by atoms with Gasteiger partial charge in [-0.05, 0) is 0 Å². The summed E-state index contributed by atoms with van der Waals surface area (Å²) in [5, 5.41) is 27.0. The van der Waals surface area contributed by atoms with Crippen LogP contribution in [0.25, 0.3) is 0 Å². The first-order chi connectivity index (χ1) is 6.06. The molecule has 1 heterocycles. The van der Waals surface area contributed by atoms with Crippen molar-refractivity contribution in [2.45, 2.75) is 29.8 Å². The van der Waals surface area contributed by atoms with Gasteiger partial charge in [0.15, 0.2) is 5.44 Å². The van der Waals surface area contributed by atoms with Crippen molar-refractivity contribution < 1.29 is 24.9 Å². The minimum atomic E-state index is -1.12. The van der Waals surface area contributed by atoms with Crippen LogP contribution in [0.5, 0.6) is 0 Å². The van der Waals surface area contributed by atoms with Gasteiger partial charge in [-0.15, -0.1) is 11.8 Å². The number of aliphatic hydroxyl groups excluding tert-OH is 3. The second-order valence-electron chi connectivity index (χ2n) is 2.82. The zero-order chi connectivity index (χ0) is 10.0. The van der Waals surface area contributed by atoms with E-state index < -0.39 is 28.9 Å². The molecule has 4 atom stereocenters. The molecule has 0 saturated carbocycles. The fourth-order valence-corrected chi connectivity index (χ4v) is 2.39. The zero-order valence-corrected chi connectivity index (χ0v) is 7.90. The topological polar surface area (TPSA) is 87.0 Å². The van der Waals surface area contributed by atoms with Crippen molar-refractivity contribution >= 4 is 17.7 Å². The van der Waals surface area contributed by atoms with E-state index in [1.165, 1.54) is 6.92 Å². The molecule has 0 radical (unpaired) electrons. The summed E-state index contributed by atoms with van der Waals surface area (Å²) in [5.41, 5.74) is -0.773. The molecule has 1 aliphatic heterocycles. The molecule has 0 bridgehead atoms. The average Bonchev–Trinajstić information content (AvgIpc) is 2.32. The fraction of sp³-hybridized carbons (Fsp3) is 0.857. The highest BCUT2D eigenvalue weighted by molar-refractivity contribution is 8.00. The van der Waals surface area contributed by atoms with Crippen LogP contribution in [-0.4, -0.2) is 50.8 Å². The Morgan fingerprint density at radius 2 is 2.08 bits per heavy atom. The molecule has 1 unspecified atom stereocenters. The van der Waals surface area contributed by atoms with E-state index in [0.29, 0.717) is 0 Å².